The number of rotatable bonds is 5. The molecule has 0 spiro atoms. The van der Waals surface area contributed by atoms with Crippen LogP contribution in [-0.2, 0) is 6.42 Å². The summed E-state index contributed by atoms with van der Waals surface area (Å²) in [5, 5.41) is 18.5. The number of benzene rings is 1. The van der Waals surface area contributed by atoms with Gasteiger partial charge in [-0.25, -0.2) is 0 Å². The van der Waals surface area contributed by atoms with E-state index in [1.165, 1.54) is 0 Å². The zero-order valence-corrected chi connectivity index (χ0v) is 12.7. The maximum atomic E-state index is 9.27. The van der Waals surface area contributed by atoms with Crippen LogP contribution in [-0.4, -0.2) is 12.1 Å². The molecule has 0 saturated carbocycles. The molecular formula is C18H17N3O. The van der Waals surface area contributed by atoms with Crippen LogP contribution in [0.25, 0.3) is 0 Å². The van der Waals surface area contributed by atoms with E-state index in [2.05, 4.69) is 17.1 Å². The second-order valence-electron chi connectivity index (χ2n) is 5.09. The minimum absolute atomic E-state index is 0.213. The third kappa shape index (κ3) is 3.62. The molecule has 1 unspecified atom stereocenters. The van der Waals surface area contributed by atoms with Crippen molar-refractivity contribution in [1.82, 2.24) is 4.98 Å². The standard InChI is InChI=1S/C18H17N3O/c1-13-4-3-5-16(21-13)10-18(15(11-19)12-20)14-6-8-17(22-2)9-7-14/h3-9,15,18H,10H2,1-2H3. The maximum absolute atomic E-state index is 9.27. The highest BCUT2D eigenvalue weighted by Crippen LogP contribution is 2.29. The molecule has 1 atom stereocenters. The Morgan fingerprint density at radius 2 is 1.77 bits per heavy atom. The zero-order chi connectivity index (χ0) is 15.9. The number of hydrogen-bond acceptors (Lipinski definition) is 4. The van der Waals surface area contributed by atoms with Crippen LogP contribution in [0, 0.1) is 35.5 Å². The number of aromatic nitrogens is 1. The van der Waals surface area contributed by atoms with Crippen LogP contribution in [0.5, 0.6) is 5.75 Å². The van der Waals surface area contributed by atoms with Crippen molar-refractivity contribution in [1.29, 1.82) is 10.5 Å². The van der Waals surface area contributed by atoms with E-state index in [1.807, 2.05) is 49.4 Å². The minimum Gasteiger partial charge on any atom is -0.497 e. The molecule has 22 heavy (non-hydrogen) atoms. The highest BCUT2D eigenvalue weighted by atomic mass is 16.5. The highest BCUT2D eigenvalue weighted by molar-refractivity contribution is 5.33. The first kappa shape index (κ1) is 15.5. The lowest BCUT2D eigenvalue weighted by molar-refractivity contribution is 0.414. The Hall–Kier alpha value is -2.85. The van der Waals surface area contributed by atoms with E-state index < -0.39 is 5.92 Å². The summed E-state index contributed by atoms with van der Waals surface area (Å²) < 4.78 is 5.15. The normalized spacial score (nSPS) is 11.5. The fourth-order valence-corrected chi connectivity index (χ4v) is 2.43. The number of ether oxygens (including phenoxy) is 1. The van der Waals surface area contributed by atoms with E-state index in [4.69, 9.17) is 4.74 Å². The molecule has 4 heteroatoms. The van der Waals surface area contributed by atoms with Crippen molar-refractivity contribution in [3.05, 3.63) is 59.4 Å². The van der Waals surface area contributed by atoms with Crippen LogP contribution in [0.4, 0.5) is 0 Å². The van der Waals surface area contributed by atoms with Gasteiger partial charge in [0.15, 0.2) is 0 Å². The van der Waals surface area contributed by atoms with E-state index in [1.54, 1.807) is 7.11 Å². The van der Waals surface area contributed by atoms with Gasteiger partial charge in [0, 0.05) is 17.3 Å². The van der Waals surface area contributed by atoms with Crippen LogP contribution in [0.15, 0.2) is 42.5 Å². The van der Waals surface area contributed by atoms with Gasteiger partial charge in [-0.3, -0.25) is 4.98 Å². The van der Waals surface area contributed by atoms with Gasteiger partial charge < -0.3 is 4.74 Å². The van der Waals surface area contributed by atoms with Gasteiger partial charge in [-0.1, -0.05) is 18.2 Å². The van der Waals surface area contributed by atoms with E-state index in [-0.39, 0.29) is 5.92 Å². The first-order chi connectivity index (χ1) is 10.7. The van der Waals surface area contributed by atoms with Gasteiger partial charge in [0.25, 0.3) is 0 Å². The van der Waals surface area contributed by atoms with E-state index in [0.717, 1.165) is 22.7 Å². The molecule has 1 aromatic carbocycles. The first-order valence-corrected chi connectivity index (χ1v) is 7.03. The SMILES string of the molecule is COc1ccc(C(Cc2cccc(C)n2)C(C#N)C#N)cc1. The van der Waals surface area contributed by atoms with Gasteiger partial charge in [-0.15, -0.1) is 0 Å². The molecule has 4 nitrogen and oxygen atoms in total. The summed E-state index contributed by atoms with van der Waals surface area (Å²) >= 11 is 0. The van der Waals surface area contributed by atoms with Crippen LogP contribution in [0.2, 0.25) is 0 Å². The predicted octanol–water partition coefficient (Wildman–Crippen LogP) is 3.39. The summed E-state index contributed by atoms with van der Waals surface area (Å²) in [6, 6.07) is 17.5. The Bertz CT molecular complexity index is 696. The van der Waals surface area contributed by atoms with Gasteiger partial charge >= 0.3 is 0 Å². The Labute approximate surface area is 130 Å². The Kier molecular flexibility index (Phi) is 5.11. The van der Waals surface area contributed by atoms with Gasteiger partial charge in [0.2, 0.25) is 0 Å². The number of methoxy groups -OCH3 is 1. The molecule has 0 aliphatic heterocycles. The summed E-state index contributed by atoms with van der Waals surface area (Å²) in [5.74, 6) is -0.174. The molecule has 0 bridgehead atoms. The van der Waals surface area contributed by atoms with Crippen LogP contribution < -0.4 is 4.74 Å². The summed E-state index contributed by atoms with van der Waals surface area (Å²) in [6.07, 6.45) is 0.555. The van der Waals surface area contributed by atoms with Gasteiger partial charge in [-0.2, -0.15) is 10.5 Å². The lowest BCUT2D eigenvalue weighted by Gasteiger charge is -2.18. The maximum Gasteiger partial charge on any atom is 0.140 e. The largest absolute Gasteiger partial charge is 0.497 e. The molecule has 0 aliphatic carbocycles. The van der Waals surface area contributed by atoms with Gasteiger partial charge in [-0.05, 0) is 43.2 Å². The topological polar surface area (TPSA) is 69.7 Å². The zero-order valence-electron chi connectivity index (χ0n) is 12.7. The molecule has 0 aliphatic rings. The molecule has 2 rings (SSSR count). The monoisotopic (exact) mass is 291 g/mol. The average Bonchev–Trinajstić information content (AvgIpc) is 2.55. The third-order valence-electron chi connectivity index (χ3n) is 3.60. The van der Waals surface area contributed by atoms with Crippen molar-refractivity contribution < 1.29 is 4.74 Å². The van der Waals surface area contributed by atoms with Crippen LogP contribution >= 0.6 is 0 Å². The number of aryl methyl sites for hydroxylation is 1. The number of hydrogen-bond donors (Lipinski definition) is 0. The molecule has 1 aromatic heterocycles. The summed E-state index contributed by atoms with van der Waals surface area (Å²) in [6.45, 7) is 1.93. The second kappa shape index (κ2) is 7.24. The minimum atomic E-state index is -0.712. The Balaban J connectivity index is 2.34. The molecule has 1 heterocycles. The lowest BCUT2D eigenvalue weighted by atomic mass is 9.84. The highest BCUT2D eigenvalue weighted by Gasteiger charge is 2.24. The molecule has 0 fully saturated rings. The Morgan fingerprint density at radius 3 is 2.32 bits per heavy atom. The van der Waals surface area contributed by atoms with Crippen LogP contribution in [0.1, 0.15) is 22.9 Å². The fraction of sp³-hybridized carbons (Fsp3) is 0.278. The average molecular weight is 291 g/mol. The van der Waals surface area contributed by atoms with Gasteiger partial charge in [0.1, 0.15) is 11.7 Å². The van der Waals surface area contributed by atoms with Crippen molar-refractivity contribution in [2.45, 2.75) is 19.3 Å². The molecule has 0 N–H and O–H groups in total. The second-order valence-corrected chi connectivity index (χ2v) is 5.09. The summed E-state index contributed by atoms with van der Waals surface area (Å²) in [4.78, 5) is 4.48. The number of nitrogens with zero attached hydrogens (tertiary/aromatic N) is 3. The van der Waals surface area contributed by atoms with Gasteiger partial charge in [0.05, 0.1) is 19.2 Å². The van der Waals surface area contributed by atoms with E-state index >= 15 is 0 Å². The Morgan fingerprint density at radius 1 is 1.09 bits per heavy atom. The smallest absolute Gasteiger partial charge is 0.140 e. The van der Waals surface area contributed by atoms with Crippen molar-refractivity contribution in [2.75, 3.05) is 7.11 Å². The van der Waals surface area contributed by atoms with Crippen molar-refractivity contribution in [3.8, 4) is 17.9 Å². The molecular weight excluding hydrogens is 274 g/mol. The predicted molar refractivity (Wildman–Crippen MR) is 83.1 cm³/mol. The molecule has 110 valence electrons. The lowest BCUT2D eigenvalue weighted by Crippen LogP contribution is -2.13. The van der Waals surface area contributed by atoms with Crippen molar-refractivity contribution in [3.63, 3.8) is 0 Å². The number of nitriles is 2. The summed E-state index contributed by atoms with van der Waals surface area (Å²) in [7, 11) is 1.61. The summed E-state index contributed by atoms with van der Waals surface area (Å²) in [5.41, 5.74) is 2.75. The molecule has 0 radical (unpaired) electrons. The quantitative estimate of drug-likeness (QED) is 0.846. The van der Waals surface area contributed by atoms with Crippen molar-refractivity contribution in [2.24, 2.45) is 5.92 Å². The molecule has 2 aromatic rings. The molecule has 0 amide bonds. The first-order valence-electron chi connectivity index (χ1n) is 7.03. The molecule has 0 saturated heterocycles. The van der Waals surface area contributed by atoms with E-state index in [0.29, 0.717) is 6.42 Å². The fourth-order valence-electron chi connectivity index (χ4n) is 2.43. The van der Waals surface area contributed by atoms with Crippen molar-refractivity contribution >= 4 is 0 Å². The van der Waals surface area contributed by atoms with E-state index in [9.17, 15) is 10.5 Å². The number of pyridine rings is 1. The van der Waals surface area contributed by atoms with Crippen LogP contribution in [0.3, 0.4) is 0 Å². The third-order valence-corrected chi connectivity index (χ3v) is 3.60.